The topological polar surface area (TPSA) is 36.9 Å². The largest absolute Gasteiger partial charge is 0.374 e. The Morgan fingerprint density at radius 3 is 2.33 bits per heavy atom. The van der Waals surface area contributed by atoms with E-state index in [2.05, 4.69) is 37.9 Å². The van der Waals surface area contributed by atoms with Crippen molar-refractivity contribution < 1.29 is 4.74 Å². The van der Waals surface area contributed by atoms with Gasteiger partial charge >= 0.3 is 0 Å². The second kappa shape index (κ2) is 5.79. The summed E-state index contributed by atoms with van der Waals surface area (Å²) in [5, 5.41) is 3.49. The van der Waals surface area contributed by atoms with E-state index in [1.807, 2.05) is 0 Å². The van der Waals surface area contributed by atoms with Crippen LogP contribution in [0.15, 0.2) is 4.99 Å². The minimum absolute atomic E-state index is 0.356. The molecule has 3 rings (SSSR count). The van der Waals surface area contributed by atoms with E-state index in [9.17, 15) is 0 Å². The number of aliphatic imine (C=N–C) groups is 1. The molecule has 3 aliphatic rings. The number of nitrogens with one attached hydrogen (secondary N) is 1. The van der Waals surface area contributed by atoms with Crippen molar-refractivity contribution >= 4 is 5.96 Å². The fourth-order valence-corrected chi connectivity index (χ4v) is 4.06. The molecule has 3 heterocycles. The summed E-state index contributed by atoms with van der Waals surface area (Å²) in [5.74, 6) is 2.61. The zero-order valence-corrected chi connectivity index (χ0v) is 14.1. The van der Waals surface area contributed by atoms with Crippen LogP contribution in [-0.4, -0.2) is 49.2 Å². The van der Waals surface area contributed by atoms with Gasteiger partial charge in [0, 0.05) is 38.0 Å². The molecule has 2 bridgehead atoms. The first kappa shape index (κ1) is 15.1. The third kappa shape index (κ3) is 3.20. The van der Waals surface area contributed by atoms with Crippen molar-refractivity contribution in [2.24, 2.45) is 22.2 Å². The maximum absolute atomic E-state index is 6.07. The maximum atomic E-state index is 6.07. The molecule has 4 nitrogen and oxygen atoms in total. The van der Waals surface area contributed by atoms with Crippen LogP contribution >= 0.6 is 0 Å². The van der Waals surface area contributed by atoms with Gasteiger partial charge in [-0.05, 0) is 31.6 Å². The molecule has 0 amide bonds. The van der Waals surface area contributed by atoms with Crippen LogP contribution in [0.3, 0.4) is 0 Å². The molecule has 4 atom stereocenters. The summed E-state index contributed by atoms with van der Waals surface area (Å²) >= 11 is 0. The summed E-state index contributed by atoms with van der Waals surface area (Å²) in [4.78, 5) is 7.35. The molecular formula is C17H31N3O. The van der Waals surface area contributed by atoms with Crippen LogP contribution in [-0.2, 0) is 4.74 Å². The lowest BCUT2D eigenvalue weighted by molar-refractivity contribution is 0.0767. The first-order chi connectivity index (χ1) is 9.98. The van der Waals surface area contributed by atoms with Crippen molar-refractivity contribution in [1.29, 1.82) is 0 Å². The lowest BCUT2D eigenvalue weighted by Gasteiger charge is -2.24. The van der Waals surface area contributed by atoms with Crippen LogP contribution in [0.1, 0.15) is 47.0 Å². The molecule has 4 heteroatoms. The highest BCUT2D eigenvalue weighted by Gasteiger charge is 2.53. The number of hydrogen-bond acceptors (Lipinski definition) is 2. The summed E-state index contributed by atoms with van der Waals surface area (Å²) in [6, 6.07) is 0. The van der Waals surface area contributed by atoms with E-state index >= 15 is 0 Å². The Morgan fingerprint density at radius 2 is 1.81 bits per heavy atom. The fraction of sp³-hybridized carbons (Fsp3) is 0.941. The van der Waals surface area contributed by atoms with E-state index in [0.717, 1.165) is 50.4 Å². The van der Waals surface area contributed by atoms with E-state index in [1.165, 1.54) is 12.8 Å². The number of likely N-dealkylation sites (tertiary alicyclic amines) is 1. The summed E-state index contributed by atoms with van der Waals surface area (Å²) in [6.45, 7) is 13.1. The molecule has 3 aliphatic heterocycles. The number of hydrogen-bond donors (Lipinski definition) is 1. The van der Waals surface area contributed by atoms with E-state index in [1.54, 1.807) is 0 Å². The van der Waals surface area contributed by atoms with Crippen molar-refractivity contribution in [2.75, 3.05) is 26.2 Å². The molecule has 3 saturated heterocycles. The molecule has 21 heavy (non-hydrogen) atoms. The van der Waals surface area contributed by atoms with Gasteiger partial charge in [-0.3, -0.25) is 4.99 Å². The SMILES string of the molecule is CCNC(=NCCC(C)(C)C)N1CC2C3CCC(O3)C2C1. The molecule has 1 N–H and O–H groups in total. The predicted molar refractivity (Wildman–Crippen MR) is 86.5 cm³/mol. The molecular weight excluding hydrogens is 262 g/mol. The van der Waals surface area contributed by atoms with Crippen molar-refractivity contribution in [1.82, 2.24) is 10.2 Å². The van der Waals surface area contributed by atoms with Gasteiger partial charge in [0.2, 0.25) is 0 Å². The van der Waals surface area contributed by atoms with Gasteiger partial charge in [-0.15, -0.1) is 0 Å². The minimum atomic E-state index is 0.356. The van der Waals surface area contributed by atoms with Crippen molar-refractivity contribution in [3.05, 3.63) is 0 Å². The number of ether oxygens (including phenoxy) is 1. The Morgan fingerprint density at radius 1 is 1.19 bits per heavy atom. The predicted octanol–water partition coefficient (Wildman–Crippen LogP) is 2.50. The Labute approximate surface area is 129 Å². The molecule has 0 aromatic carbocycles. The van der Waals surface area contributed by atoms with Gasteiger partial charge in [-0.25, -0.2) is 0 Å². The van der Waals surface area contributed by atoms with Crippen molar-refractivity contribution in [2.45, 2.75) is 59.2 Å². The average Bonchev–Trinajstić information content (AvgIpc) is 3.08. The highest BCUT2D eigenvalue weighted by atomic mass is 16.5. The van der Waals surface area contributed by atoms with Crippen LogP contribution in [0.2, 0.25) is 0 Å². The van der Waals surface area contributed by atoms with Gasteiger partial charge < -0.3 is 15.0 Å². The quantitative estimate of drug-likeness (QED) is 0.641. The van der Waals surface area contributed by atoms with Crippen molar-refractivity contribution in [3.8, 4) is 0 Å². The average molecular weight is 293 g/mol. The molecule has 0 aromatic heterocycles. The lowest BCUT2D eigenvalue weighted by atomic mass is 9.82. The third-order valence-electron chi connectivity index (χ3n) is 5.21. The van der Waals surface area contributed by atoms with Gasteiger partial charge in [0.1, 0.15) is 0 Å². The zero-order valence-electron chi connectivity index (χ0n) is 14.1. The van der Waals surface area contributed by atoms with Gasteiger partial charge in [0.25, 0.3) is 0 Å². The summed E-state index contributed by atoms with van der Waals surface area (Å²) in [6.07, 6.45) is 4.75. The van der Waals surface area contributed by atoms with Gasteiger partial charge in [-0.2, -0.15) is 0 Å². The second-order valence-electron chi connectivity index (χ2n) is 8.07. The number of fused-ring (bicyclic) bond motifs is 5. The monoisotopic (exact) mass is 293 g/mol. The Balaban J connectivity index is 1.61. The van der Waals surface area contributed by atoms with Gasteiger partial charge in [-0.1, -0.05) is 20.8 Å². The van der Waals surface area contributed by atoms with Crippen LogP contribution in [0.25, 0.3) is 0 Å². The van der Waals surface area contributed by atoms with Crippen LogP contribution < -0.4 is 5.32 Å². The highest BCUT2D eigenvalue weighted by Crippen LogP contribution is 2.47. The lowest BCUT2D eigenvalue weighted by Crippen LogP contribution is -2.41. The molecule has 0 aliphatic carbocycles. The molecule has 3 fully saturated rings. The van der Waals surface area contributed by atoms with Crippen molar-refractivity contribution in [3.63, 3.8) is 0 Å². The Hall–Kier alpha value is -0.770. The van der Waals surface area contributed by atoms with E-state index in [-0.39, 0.29) is 0 Å². The molecule has 4 unspecified atom stereocenters. The molecule has 0 radical (unpaired) electrons. The third-order valence-corrected chi connectivity index (χ3v) is 5.21. The van der Waals surface area contributed by atoms with Gasteiger partial charge in [0.15, 0.2) is 5.96 Å². The Bertz CT molecular complexity index is 383. The summed E-state index contributed by atoms with van der Waals surface area (Å²) < 4.78 is 6.07. The van der Waals surface area contributed by atoms with E-state index < -0.39 is 0 Å². The molecule has 0 spiro atoms. The number of nitrogens with zero attached hydrogens (tertiary/aromatic N) is 2. The van der Waals surface area contributed by atoms with Crippen LogP contribution in [0.5, 0.6) is 0 Å². The number of rotatable bonds is 3. The molecule has 0 aromatic rings. The van der Waals surface area contributed by atoms with E-state index in [4.69, 9.17) is 9.73 Å². The standard InChI is InChI=1S/C17H31N3O/c1-5-18-16(19-9-8-17(2,3)4)20-10-12-13(11-20)15-7-6-14(12)21-15/h12-15H,5-11H2,1-4H3,(H,18,19). The van der Waals surface area contributed by atoms with E-state index in [0.29, 0.717) is 17.6 Å². The second-order valence-corrected chi connectivity index (χ2v) is 8.07. The molecule has 0 saturated carbocycles. The number of guanidine groups is 1. The maximum Gasteiger partial charge on any atom is 0.193 e. The highest BCUT2D eigenvalue weighted by molar-refractivity contribution is 5.80. The Kier molecular flexibility index (Phi) is 4.17. The zero-order chi connectivity index (χ0) is 15.0. The van der Waals surface area contributed by atoms with Crippen LogP contribution in [0, 0.1) is 17.3 Å². The van der Waals surface area contributed by atoms with Crippen LogP contribution in [0.4, 0.5) is 0 Å². The summed E-state index contributed by atoms with van der Waals surface area (Å²) in [7, 11) is 0. The first-order valence-corrected chi connectivity index (χ1v) is 8.66. The fourth-order valence-electron chi connectivity index (χ4n) is 4.06. The first-order valence-electron chi connectivity index (χ1n) is 8.66. The van der Waals surface area contributed by atoms with Gasteiger partial charge in [0.05, 0.1) is 12.2 Å². The molecule has 120 valence electrons. The smallest absolute Gasteiger partial charge is 0.193 e. The minimum Gasteiger partial charge on any atom is -0.374 e. The normalized spacial score (nSPS) is 35.4. The summed E-state index contributed by atoms with van der Waals surface area (Å²) in [5.41, 5.74) is 0.356.